The zero-order valence-electron chi connectivity index (χ0n) is 19.6. The lowest BCUT2D eigenvalue weighted by atomic mass is 10.2. The van der Waals surface area contributed by atoms with Crippen LogP contribution in [0.1, 0.15) is 5.56 Å². The van der Waals surface area contributed by atoms with Gasteiger partial charge in [0.05, 0.1) is 31.8 Å². The van der Waals surface area contributed by atoms with Gasteiger partial charge in [-0.15, -0.1) is 0 Å². The third-order valence-electron chi connectivity index (χ3n) is 5.73. The lowest BCUT2D eigenvalue weighted by Gasteiger charge is -2.26. The second kappa shape index (κ2) is 11.4. The van der Waals surface area contributed by atoms with Crippen LogP contribution in [-0.4, -0.2) is 58.6 Å². The summed E-state index contributed by atoms with van der Waals surface area (Å²) < 4.78 is 37.5. The van der Waals surface area contributed by atoms with Gasteiger partial charge in [0.15, 0.2) is 0 Å². The van der Waals surface area contributed by atoms with Gasteiger partial charge in [0, 0.05) is 31.0 Å². The van der Waals surface area contributed by atoms with E-state index in [2.05, 4.69) is 5.32 Å². The number of benzene rings is 3. The Morgan fingerprint density at radius 3 is 2.26 bits per heavy atom. The van der Waals surface area contributed by atoms with E-state index in [1.165, 1.54) is 16.4 Å². The lowest BCUT2D eigenvalue weighted by molar-refractivity contribution is -0.115. The monoisotopic (exact) mass is 495 g/mol. The Morgan fingerprint density at radius 1 is 0.971 bits per heavy atom. The fourth-order valence-corrected chi connectivity index (χ4v) is 5.26. The molecular formula is C26H29N3O5S. The van der Waals surface area contributed by atoms with Crippen molar-refractivity contribution in [3.63, 3.8) is 0 Å². The zero-order valence-corrected chi connectivity index (χ0v) is 20.4. The number of morpholine rings is 1. The van der Waals surface area contributed by atoms with Crippen LogP contribution in [0, 0.1) is 0 Å². The van der Waals surface area contributed by atoms with E-state index in [4.69, 9.17) is 9.47 Å². The average Bonchev–Trinajstić information content (AvgIpc) is 2.90. The van der Waals surface area contributed by atoms with Crippen LogP contribution in [0.5, 0.6) is 5.75 Å². The van der Waals surface area contributed by atoms with Gasteiger partial charge >= 0.3 is 0 Å². The molecule has 0 unspecified atom stereocenters. The molecule has 0 atom stereocenters. The molecule has 1 heterocycles. The van der Waals surface area contributed by atoms with Crippen molar-refractivity contribution in [2.24, 2.45) is 0 Å². The first-order valence-corrected chi connectivity index (χ1v) is 12.8. The summed E-state index contributed by atoms with van der Waals surface area (Å²) in [6, 6.07) is 23.7. The second-order valence-electron chi connectivity index (χ2n) is 8.13. The third kappa shape index (κ3) is 6.39. The molecule has 1 N–H and O–H groups in total. The van der Waals surface area contributed by atoms with Crippen LogP contribution in [0.25, 0.3) is 0 Å². The molecule has 8 nitrogen and oxygen atoms in total. The van der Waals surface area contributed by atoms with E-state index in [-0.39, 0.29) is 17.3 Å². The van der Waals surface area contributed by atoms with Gasteiger partial charge in [-0.25, -0.2) is 8.42 Å². The molecule has 9 heteroatoms. The Kier molecular flexibility index (Phi) is 8.02. The Labute approximate surface area is 206 Å². The maximum absolute atomic E-state index is 12.9. The molecule has 0 aromatic heterocycles. The molecule has 35 heavy (non-hydrogen) atoms. The maximum Gasteiger partial charge on any atom is 0.243 e. The lowest BCUT2D eigenvalue weighted by Crippen LogP contribution is -2.40. The van der Waals surface area contributed by atoms with Crippen molar-refractivity contribution in [3.8, 4) is 5.75 Å². The van der Waals surface area contributed by atoms with Gasteiger partial charge in [-0.05, 0) is 54.1 Å². The number of carbonyl (C=O) groups excluding carboxylic acids is 1. The van der Waals surface area contributed by atoms with Gasteiger partial charge in [0.2, 0.25) is 15.9 Å². The molecule has 3 aromatic rings. The largest absolute Gasteiger partial charge is 0.497 e. The van der Waals surface area contributed by atoms with Gasteiger partial charge in [-0.1, -0.05) is 30.3 Å². The number of hydrogen-bond acceptors (Lipinski definition) is 6. The van der Waals surface area contributed by atoms with Gasteiger partial charge in [0.25, 0.3) is 0 Å². The highest BCUT2D eigenvalue weighted by Crippen LogP contribution is 2.22. The van der Waals surface area contributed by atoms with Crippen LogP contribution in [0.3, 0.4) is 0 Å². The van der Waals surface area contributed by atoms with Crippen molar-refractivity contribution in [2.75, 3.05) is 50.2 Å². The highest BCUT2D eigenvalue weighted by Gasteiger charge is 2.26. The molecule has 1 aliphatic heterocycles. The fraction of sp³-hybridized carbons (Fsp3) is 0.269. The molecule has 0 radical (unpaired) electrons. The maximum atomic E-state index is 12.9. The molecule has 0 spiro atoms. The summed E-state index contributed by atoms with van der Waals surface area (Å²) in [6.07, 6.45) is 0. The van der Waals surface area contributed by atoms with Crippen molar-refractivity contribution >= 4 is 27.3 Å². The standard InChI is InChI=1S/C26H29N3O5S/c1-33-24-11-9-23(10-12-24)28(19-21-5-3-2-4-6-21)20-26(30)27-22-7-13-25(14-8-22)35(31,32)29-15-17-34-18-16-29/h2-14H,15-20H2,1H3,(H,27,30). The number of carbonyl (C=O) groups is 1. The highest BCUT2D eigenvalue weighted by atomic mass is 32.2. The summed E-state index contributed by atoms with van der Waals surface area (Å²) >= 11 is 0. The Morgan fingerprint density at radius 2 is 1.63 bits per heavy atom. The van der Waals surface area contributed by atoms with Crippen molar-refractivity contribution < 1.29 is 22.7 Å². The predicted molar refractivity (Wildman–Crippen MR) is 135 cm³/mol. The van der Waals surface area contributed by atoms with Gasteiger partial charge in [0.1, 0.15) is 5.75 Å². The van der Waals surface area contributed by atoms with E-state index in [0.29, 0.717) is 38.5 Å². The highest BCUT2D eigenvalue weighted by molar-refractivity contribution is 7.89. The van der Waals surface area contributed by atoms with Crippen molar-refractivity contribution in [3.05, 3.63) is 84.4 Å². The van der Waals surface area contributed by atoms with Crippen molar-refractivity contribution in [2.45, 2.75) is 11.4 Å². The first-order chi connectivity index (χ1) is 17.0. The van der Waals surface area contributed by atoms with E-state index in [0.717, 1.165) is 17.0 Å². The normalized spacial score (nSPS) is 14.3. The van der Waals surface area contributed by atoms with Crippen LogP contribution in [0.4, 0.5) is 11.4 Å². The number of amides is 1. The van der Waals surface area contributed by atoms with E-state index in [9.17, 15) is 13.2 Å². The summed E-state index contributed by atoms with van der Waals surface area (Å²) in [5.41, 5.74) is 2.50. The van der Waals surface area contributed by atoms with E-state index in [1.54, 1.807) is 19.2 Å². The molecule has 1 aliphatic rings. The number of nitrogens with zero attached hydrogens (tertiary/aromatic N) is 2. The summed E-state index contributed by atoms with van der Waals surface area (Å²) in [5.74, 6) is 0.533. The smallest absolute Gasteiger partial charge is 0.243 e. The number of methoxy groups -OCH3 is 1. The van der Waals surface area contributed by atoms with Crippen LogP contribution >= 0.6 is 0 Å². The van der Waals surface area contributed by atoms with E-state index >= 15 is 0 Å². The predicted octanol–water partition coefficient (Wildman–Crippen LogP) is 3.36. The summed E-state index contributed by atoms with van der Waals surface area (Å²) in [4.78, 5) is 15.1. The van der Waals surface area contributed by atoms with Gasteiger partial charge in [-0.3, -0.25) is 4.79 Å². The minimum Gasteiger partial charge on any atom is -0.497 e. The molecule has 1 fully saturated rings. The number of anilines is 2. The molecule has 1 saturated heterocycles. The van der Waals surface area contributed by atoms with E-state index in [1.807, 2.05) is 59.5 Å². The Hall–Kier alpha value is -3.40. The first kappa shape index (κ1) is 24.7. The average molecular weight is 496 g/mol. The molecule has 0 aliphatic carbocycles. The number of nitrogens with one attached hydrogen (secondary N) is 1. The van der Waals surface area contributed by atoms with Gasteiger partial charge < -0.3 is 19.7 Å². The van der Waals surface area contributed by atoms with E-state index < -0.39 is 10.0 Å². The van der Waals surface area contributed by atoms with Crippen molar-refractivity contribution in [1.29, 1.82) is 0 Å². The number of hydrogen-bond donors (Lipinski definition) is 1. The number of sulfonamides is 1. The third-order valence-corrected chi connectivity index (χ3v) is 7.65. The molecule has 1 amide bonds. The fourth-order valence-electron chi connectivity index (χ4n) is 3.86. The molecule has 184 valence electrons. The van der Waals surface area contributed by atoms with Gasteiger partial charge in [-0.2, -0.15) is 4.31 Å². The molecule has 4 rings (SSSR count). The van der Waals surface area contributed by atoms with Crippen LogP contribution in [0.2, 0.25) is 0 Å². The molecular weight excluding hydrogens is 466 g/mol. The minimum atomic E-state index is -3.58. The van der Waals surface area contributed by atoms with Crippen LogP contribution in [-0.2, 0) is 26.1 Å². The zero-order chi connectivity index (χ0) is 24.7. The number of ether oxygens (including phenoxy) is 2. The second-order valence-corrected chi connectivity index (χ2v) is 10.1. The SMILES string of the molecule is COc1ccc(N(CC(=O)Nc2ccc(S(=O)(=O)N3CCOCC3)cc2)Cc2ccccc2)cc1. The minimum absolute atomic E-state index is 0.120. The summed E-state index contributed by atoms with van der Waals surface area (Å²) in [6.45, 7) is 2.13. The van der Waals surface area contributed by atoms with Crippen LogP contribution in [0.15, 0.2) is 83.8 Å². The van der Waals surface area contributed by atoms with Crippen LogP contribution < -0.4 is 15.0 Å². The summed E-state index contributed by atoms with van der Waals surface area (Å²) in [7, 11) is -1.97. The Balaban J connectivity index is 1.44. The molecule has 3 aromatic carbocycles. The van der Waals surface area contributed by atoms with Crippen molar-refractivity contribution in [1.82, 2.24) is 4.31 Å². The topological polar surface area (TPSA) is 88.2 Å². The quantitative estimate of drug-likeness (QED) is 0.490. The molecule has 0 bridgehead atoms. The molecule has 0 saturated carbocycles. The Bertz CT molecular complexity index is 1210. The number of rotatable bonds is 9. The summed E-state index contributed by atoms with van der Waals surface area (Å²) in [5, 5.41) is 2.87. The first-order valence-electron chi connectivity index (χ1n) is 11.4.